The molecule has 0 atom stereocenters. The van der Waals surface area contributed by atoms with Crippen LogP contribution in [-0.4, -0.2) is 42.9 Å². The summed E-state index contributed by atoms with van der Waals surface area (Å²) < 4.78 is 0. The highest BCUT2D eigenvalue weighted by Crippen LogP contribution is 2.22. The minimum Gasteiger partial charge on any atom is -0.354 e. The van der Waals surface area contributed by atoms with Crippen molar-refractivity contribution < 1.29 is 9.59 Å². The van der Waals surface area contributed by atoms with Gasteiger partial charge in [0.05, 0.1) is 13.1 Å². The third-order valence-corrected chi connectivity index (χ3v) is 3.55. The number of fused-ring (bicyclic) bond motifs is 1. The van der Waals surface area contributed by atoms with Crippen LogP contribution in [0.4, 0.5) is 5.69 Å². The minimum atomic E-state index is -0.0962. The van der Waals surface area contributed by atoms with Gasteiger partial charge in [0.15, 0.2) is 0 Å². The normalized spacial score (nSPS) is 15.7. The zero-order valence-electron chi connectivity index (χ0n) is 11.6. The predicted molar refractivity (Wildman–Crippen MR) is 82.0 cm³/mol. The smallest absolute Gasteiger partial charge is 0.238 e. The number of nitrogens with zero attached hydrogens (tertiary/aromatic N) is 1. The van der Waals surface area contributed by atoms with Gasteiger partial charge in [-0.15, -0.1) is 0 Å². The molecular weight excluding hydrogens is 266 g/mol. The topological polar surface area (TPSA) is 61.4 Å². The largest absolute Gasteiger partial charge is 0.354 e. The molecule has 2 aromatic rings. The standard InChI is InChI=1S/C16H17N3O2/c20-15-10-19(9-8-17-15)11-16(21)18-14-7-3-5-12-4-1-2-6-13(12)14/h1-7H,8-11H2,(H,17,20)(H,18,21). The number of carbonyl (C=O) groups is 2. The fourth-order valence-corrected chi connectivity index (χ4v) is 2.55. The first-order valence-corrected chi connectivity index (χ1v) is 6.99. The number of anilines is 1. The molecule has 2 aromatic carbocycles. The molecule has 5 heteroatoms. The average molecular weight is 283 g/mol. The Morgan fingerprint density at radius 2 is 2.00 bits per heavy atom. The van der Waals surface area contributed by atoms with Gasteiger partial charge in [0.2, 0.25) is 11.8 Å². The van der Waals surface area contributed by atoms with Crippen molar-refractivity contribution in [2.75, 3.05) is 31.5 Å². The number of hydrogen-bond donors (Lipinski definition) is 2. The first-order chi connectivity index (χ1) is 10.2. The first-order valence-electron chi connectivity index (χ1n) is 6.99. The number of benzene rings is 2. The SMILES string of the molecule is O=C1CN(CC(=O)Nc2cccc3ccccc23)CCN1. The van der Waals surface area contributed by atoms with Gasteiger partial charge in [-0.3, -0.25) is 14.5 Å². The maximum absolute atomic E-state index is 12.1. The molecule has 0 spiro atoms. The molecule has 1 aliphatic heterocycles. The quantitative estimate of drug-likeness (QED) is 0.890. The fourth-order valence-electron chi connectivity index (χ4n) is 2.55. The Kier molecular flexibility index (Phi) is 3.83. The van der Waals surface area contributed by atoms with Crippen molar-refractivity contribution in [1.82, 2.24) is 10.2 Å². The van der Waals surface area contributed by atoms with Crippen molar-refractivity contribution in [1.29, 1.82) is 0 Å². The van der Waals surface area contributed by atoms with Crippen LogP contribution in [0, 0.1) is 0 Å². The molecule has 1 fully saturated rings. The molecule has 0 aliphatic carbocycles. The minimum absolute atomic E-state index is 0.0285. The van der Waals surface area contributed by atoms with Gasteiger partial charge >= 0.3 is 0 Å². The van der Waals surface area contributed by atoms with E-state index in [0.29, 0.717) is 13.1 Å². The molecule has 2 N–H and O–H groups in total. The van der Waals surface area contributed by atoms with E-state index >= 15 is 0 Å². The van der Waals surface area contributed by atoms with E-state index in [9.17, 15) is 9.59 Å². The lowest BCUT2D eigenvalue weighted by atomic mass is 10.1. The molecule has 1 saturated heterocycles. The molecule has 0 aromatic heterocycles. The summed E-state index contributed by atoms with van der Waals surface area (Å²) >= 11 is 0. The highest BCUT2D eigenvalue weighted by atomic mass is 16.2. The highest BCUT2D eigenvalue weighted by Gasteiger charge is 2.18. The molecule has 0 bridgehead atoms. The Hall–Kier alpha value is -2.40. The van der Waals surface area contributed by atoms with E-state index in [-0.39, 0.29) is 24.9 Å². The van der Waals surface area contributed by atoms with Crippen LogP contribution in [0.25, 0.3) is 10.8 Å². The van der Waals surface area contributed by atoms with Gasteiger partial charge in [0.1, 0.15) is 0 Å². The molecule has 108 valence electrons. The monoisotopic (exact) mass is 283 g/mol. The van der Waals surface area contributed by atoms with Gasteiger partial charge in [0.25, 0.3) is 0 Å². The second-order valence-electron chi connectivity index (χ2n) is 5.14. The van der Waals surface area contributed by atoms with E-state index in [2.05, 4.69) is 10.6 Å². The van der Waals surface area contributed by atoms with Gasteiger partial charge < -0.3 is 10.6 Å². The number of carbonyl (C=O) groups excluding carboxylic acids is 2. The summed E-state index contributed by atoms with van der Waals surface area (Å²) in [6.45, 7) is 1.81. The van der Waals surface area contributed by atoms with E-state index in [1.54, 1.807) is 0 Å². The van der Waals surface area contributed by atoms with Crippen molar-refractivity contribution in [2.24, 2.45) is 0 Å². The van der Waals surface area contributed by atoms with E-state index in [1.807, 2.05) is 47.4 Å². The van der Waals surface area contributed by atoms with Gasteiger partial charge in [-0.2, -0.15) is 0 Å². The van der Waals surface area contributed by atoms with E-state index in [0.717, 1.165) is 16.5 Å². The zero-order chi connectivity index (χ0) is 14.7. The maximum atomic E-state index is 12.1. The summed E-state index contributed by atoms with van der Waals surface area (Å²) in [7, 11) is 0. The molecule has 3 rings (SSSR count). The molecular formula is C16H17N3O2. The molecule has 0 unspecified atom stereocenters. The molecule has 1 heterocycles. The van der Waals surface area contributed by atoms with Crippen molar-refractivity contribution in [3.05, 3.63) is 42.5 Å². The van der Waals surface area contributed by atoms with Crippen molar-refractivity contribution in [3.8, 4) is 0 Å². The van der Waals surface area contributed by atoms with Gasteiger partial charge in [-0.05, 0) is 11.5 Å². The second kappa shape index (κ2) is 5.93. The summed E-state index contributed by atoms with van der Waals surface area (Å²) in [5, 5.41) is 7.79. The summed E-state index contributed by atoms with van der Waals surface area (Å²) in [5.74, 6) is -0.125. The van der Waals surface area contributed by atoms with Crippen LogP contribution < -0.4 is 10.6 Å². The third-order valence-electron chi connectivity index (χ3n) is 3.55. The molecule has 0 saturated carbocycles. The Morgan fingerprint density at radius 3 is 2.86 bits per heavy atom. The number of hydrogen-bond acceptors (Lipinski definition) is 3. The van der Waals surface area contributed by atoms with Crippen molar-refractivity contribution in [3.63, 3.8) is 0 Å². The first kappa shape index (κ1) is 13.6. The van der Waals surface area contributed by atoms with Gasteiger partial charge in [0, 0.05) is 24.2 Å². The lowest BCUT2D eigenvalue weighted by molar-refractivity contribution is -0.125. The summed E-state index contributed by atoms with van der Waals surface area (Å²) in [5.41, 5.74) is 0.805. The van der Waals surface area contributed by atoms with Crippen LogP contribution in [0.5, 0.6) is 0 Å². The summed E-state index contributed by atoms with van der Waals surface area (Å²) in [4.78, 5) is 25.3. The van der Waals surface area contributed by atoms with Crippen LogP contribution in [0.15, 0.2) is 42.5 Å². The van der Waals surface area contributed by atoms with Crippen molar-refractivity contribution >= 4 is 28.3 Å². The Morgan fingerprint density at radius 1 is 1.19 bits per heavy atom. The number of rotatable bonds is 3. The lowest BCUT2D eigenvalue weighted by Gasteiger charge is -2.25. The summed E-state index contributed by atoms with van der Waals surface area (Å²) in [6, 6.07) is 13.8. The zero-order valence-corrected chi connectivity index (χ0v) is 11.6. The van der Waals surface area contributed by atoms with E-state index in [1.165, 1.54) is 0 Å². The Balaban J connectivity index is 1.70. The highest BCUT2D eigenvalue weighted by molar-refractivity contribution is 6.02. The van der Waals surface area contributed by atoms with Gasteiger partial charge in [-0.25, -0.2) is 0 Å². The molecule has 1 aliphatic rings. The number of nitrogens with one attached hydrogen (secondary N) is 2. The van der Waals surface area contributed by atoms with Crippen molar-refractivity contribution in [2.45, 2.75) is 0 Å². The lowest BCUT2D eigenvalue weighted by Crippen LogP contribution is -2.49. The molecule has 2 amide bonds. The van der Waals surface area contributed by atoms with Crippen LogP contribution in [0.1, 0.15) is 0 Å². The second-order valence-corrected chi connectivity index (χ2v) is 5.14. The van der Waals surface area contributed by atoms with E-state index in [4.69, 9.17) is 0 Å². The number of amides is 2. The Labute approximate surface area is 122 Å². The van der Waals surface area contributed by atoms with Gasteiger partial charge in [-0.1, -0.05) is 36.4 Å². The van der Waals surface area contributed by atoms with Crippen LogP contribution >= 0.6 is 0 Å². The molecule has 5 nitrogen and oxygen atoms in total. The van der Waals surface area contributed by atoms with Crippen LogP contribution in [0.2, 0.25) is 0 Å². The molecule has 0 radical (unpaired) electrons. The maximum Gasteiger partial charge on any atom is 0.238 e. The molecule has 21 heavy (non-hydrogen) atoms. The predicted octanol–water partition coefficient (Wildman–Crippen LogP) is 1.21. The third kappa shape index (κ3) is 3.20. The van der Waals surface area contributed by atoms with Crippen LogP contribution in [-0.2, 0) is 9.59 Å². The van der Waals surface area contributed by atoms with E-state index < -0.39 is 0 Å². The number of piperazine rings is 1. The Bertz CT molecular complexity index is 679. The average Bonchev–Trinajstić information content (AvgIpc) is 2.47. The van der Waals surface area contributed by atoms with Crippen LogP contribution in [0.3, 0.4) is 0 Å². The fraction of sp³-hybridized carbons (Fsp3) is 0.250. The summed E-state index contributed by atoms with van der Waals surface area (Å²) in [6.07, 6.45) is 0.